The van der Waals surface area contributed by atoms with Gasteiger partial charge < -0.3 is 10.2 Å². The molecule has 4 nitrogen and oxygen atoms in total. The average Bonchev–Trinajstić information content (AvgIpc) is 2.89. The topological polar surface area (TPSA) is 49.4 Å². The van der Waals surface area contributed by atoms with Gasteiger partial charge in [-0.2, -0.15) is 13.2 Å². The van der Waals surface area contributed by atoms with Crippen LogP contribution in [0.25, 0.3) is 0 Å². The predicted molar refractivity (Wildman–Crippen MR) is 106 cm³/mol. The normalized spacial score (nSPS) is 16.2. The van der Waals surface area contributed by atoms with Gasteiger partial charge in [-0.15, -0.1) is 0 Å². The first kappa shape index (κ1) is 21.5. The molecule has 0 spiro atoms. The molecule has 0 aromatic heterocycles. The second kappa shape index (κ2) is 8.07. The molecule has 0 bridgehead atoms. The highest BCUT2D eigenvalue weighted by Gasteiger charge is 2.36. The second-order valence-electron chi connectivity index (χ2n) is 7.25. The first-order valence-electron chi connectivity index (χ1n) is 9.46. The Bertz CT molecular complexity index is 1190. The zero-order valence-corrected chi connectivity index (χ0v) is 16.3. The summed E-state index contributed by atoms with van der Waals surface area (Å²) in [5.74, 6) is -2.66. The number of nitrogens with one attached hydrogen (secondary N) is 1. The van der Waals surface area contributed by atoms with Gasteiger partial charge in [-0.1, -0.05) is 18.2 Å². The standard InChI is InChI=1S/C23H15F5N2O2/c24-16-6-4-13(5-7-16)21-18-11-17(25)8-9-19(18)29-20(31)12-30(21)22(32)14-2-1-3-15(10-14)23(26,27)28/h1-11,21H,12H2,(H,29,31)/t21-/m0/s1. The Kier molecular flexibility index (Phi) is 5.41. The van der Waals surface area contributed by atoms with E-state index in [2.05, 4.69) is 5.32 Å². The lowest BCUT2D eigenvalue weighted by Gasteiger charge is -2.31. The van der Waals surface area contributed by atoms with E-state index in [9.17, 15) is 31.5 Å². The van der Waals surface area contributed by atoms with Crippen LogP contribution in [-0.2, 0) is 11.0 Å². The van der Waals surface area contributed by atoms with Crippen molar-refractivity contribution in [3.8, 4) is 0 Å². The number of anilines is 1. The Morgan fingerprint density at radius 2 is 1.62 bits per heavy atom. The summed E-state index contributed by atoms with van der Waals surface area (Å²) in [6.07, 6.45) is -4.67. The smallest absolute Gasteiger partial charge is 0.324 e. The van der Waals surface area contributed by atoms with Gasteiger partial charge in [0, 0.05) is 16.8 Å². The van der Waals surface area contributed by atoms with Gasteiger partial charge in [-0.05, 0) is 54.1 Å². The lowest BCUT2D eigenvalue weighted by molar-refractivity contribution is -0.137. The number of benzene rings is 3. The van der Waals surface area contributed by atoms with Gasteiger partial charge >= 0.3 is 6.18 Å². The highest BCUT2D eigenvalue weighted by molar-refractivity contribution is 6.01. The van der Waals surface area contributed by atoms with Crippen LogP contribution in [0.2, 0.25) is 0 Å². The summed E-state index contributed by atoms with van der Waals surface area (Å²) >= 11 is 0. The molecule has 0 radical (unpaired) electrons. The van der Waals surface area contributed by atoms with Crippen LogP contribution in [0.15, 0.2) is 66.7 Å². The zero-order chi connectivity index (χ0) is 23.0. The Labute approximate surface area is 179 Å². The van der Waals surface area contributed by atoms with Crippen molar-refractivity contribution in [1.82, 2.24) is 4.90 Å². The molecule has 1 aliphatic heterocycles. The number of halogens is 5. The molecule has 1 heterocycles. The van der Waals surface area contributed by atoms with Gasteiger partial charge in [0.1, 0.15) is 18.2 Å². The molecule has 0 fully saturated rings. The fourth-order valence-electron chi connectivity index (χ4n) is 3.67. The number of rotatable bonds is 2. The Morgan fingerprint density at radius 3 is 2.31 bits per heavy atom. The van der Waals surface area contributed by atoms with Gasteiger partial charge in [0.2, 0.25) is 5.91 Å². The molecule has 1 N–H and O–H groups in total. The minimum atomic E-state index is -4.67. The molecule has 0 unspecified atom stereocenters. The van der Waals surface area contributed by atoms with Crippen molar-refractivity contribution in [1.29, 1.82) is 0 Å². The van der Waals surface area contributed by atoms with Crippen molar-refractivity contribution >= 4 is 17.5 Å². The van der Waals surface area contributed by atoms with E-state index in [0.717, 1.165) is 41.3 Å². The molecule has 32 heavy (non-hydrogen) atoms. The SMILES string of the molecule is O=C1CN(C(=O)c2cccc(C(F)(F)F)c2)[C@@H](c2ccc(F)cc2)c2cc(F)ccc2N1. The van der Waals surface area contributed by atoms with E-state index in [1.54, 1.807) is 0 Å². The molecule has 2 amide bonds. The van der Waals surface area contributed by atoms with Gasteiger partial charge in [-0.25, -0.2) is 8.78 Å². The first-order chi connectivity index (χ1) is 15.1. The number of carbonyl (C=O) groups excluding carboxylic acids is 2. The molecular weight excluding hydrogens is 431 g/mol. The van der Waals surface area contributed by atoms with Crippen LogP contribution in [-0.4, -0.2) is 23.3 Å². The monoisotopic (exact) mass is 446 g/mol. The van der Waals surface area contributed by atoms with Gasteiger partial charge in [0.15, 0.2) is 0 Å². The lowest BCUT2D eigenvalue weighted by Crippen LogP contribution is -2.39. The molecule has 0 saturated heterocycles. The summed E-state index contributed by atoms with van der Waals surface area (Å²) in [5, 5.41) is 2.58. The fraction of sp³-hybridized carbons (Fsp3) is 0.130. The van der Waals surface area contributed by atoms with Crippen LogP contribution in [0, 0.1) is 11.6 Å². The summed E-state index contributed by atoms with van der Waals surface area (Å²) in [4.78, 5) is 26.9. The number of hydrogen-bond acceptors (Lipinski definition) is 2. The molecule has 1 atom stereocenters. The second-order valence-corrected chi connectivity index (χ2v) is 7.25. The maximum atomic E-state index is 14.1. The lowest BCUT2D eigenvalue weighted by atomic mass is 9.95. The van der Waals surface area contributed by atoms with E-state index in [4.69, 9.17) is 0 Å². The summed E-state index contributed by atoms with van der Waals surface area (Å²) < 4.78 is 67.1. The maximum absolute atomic E-state index is 14.1. The van der Waals surface area contributed by atoms with Crippen LogP contribution in [0.3, 0.4) is 0 Å². The fourth-order valence-corrected chi connectivity index (χ4v) is 3.67. The average molecular weight is 446 g/mol. The van der Waals surface area contributed by atoms with E-state index in [-0.39, 0.29) is 16.8 Å². The summed E-state index contributed by atoms with van der Waals surface area (Å²) in [7, 11) is 0. The van der Waals surface area contributed by atoms with Crippen LogP contribution in [0.5, 0.6) is 0 Å². The highest BCUT2D eigenvalue weighted by atomic mass is 19.4. The molecule has 3 aromatic rings. The zero-order valence-electron chi connectivity index (χ0n) is 16.3. The maximum Gasteiger partial charge on any atom is 0.416 e. The molecular formula is C23H15F5N2O2. The first-order valence-corrected chi connectivity index (χ1v) is 9.46. The minimum absolute atomic E-state index is 0.211. The molecule has 3 aromatic carbocycles. The van der Waals surface area contributed by atoms with Gasteiger partial charge in [-0.3, -0.25) is 9.59 Å². The van der Waals surface area contributed by atoms with Crippen molar-refractivity contribution in [2.75, 3.05) is 11.9 Å². The van der Waals surface area contributed by atoms with E-state index in [0.29, 0.717) is 11.6 Å². The molecule has 0 saturated carbocycles. The van der Waals surface area contributed by atoms with Crippen LogP contribution >= 0.6 is 0 Å². The summed E-state index contributed by atoms with van der Waals surface area (Å²) in [6, 6.07) is 11.4. The number of nitrogens with zero attached hydrogens (tertiary/aromatic N) is 1. The van der Waals surface area contributed by atoms with Crippen molar-refractivity contribution < 1.29 is 31.5 Å². The molecule has 0 aliphatic carbocycles. The Hall–Kier alpha value is -3.75. The van der Waals surface area contributed by atoms with Crippen LogP contribution in [0.1, 0.15) is 33.1 Å². The van der Waals surface area contributed by atoms with Crippen molar-refractivity contribution in [2.45, 2.75) is 12.2 Å². The van der Waals surface area contributed by atoms with E-state index < -0.39 is 47.8 Å². The molecule has 9 heteroatoms. The van der Waals surface area contributed by atoms with Crippen molar-refractivity contribution in [3.63, 3.8) is 0 Å². The van der Waals surface area contributed by atoms with Crippen molar-refractivity contribution in [3.05, 3.63) is 101 Å². The van der Waals surface area contributed by atoms with Gasteiger partial charge in [0.25, 0.3) is 5.91 Å². The third-order valence-corrected chi connectivity index (χ3v) is 5.09. The van der Waals surface area contributed by atoms with Gasteiger partial charge in [0.05, 0.1) is 11.6 Å². The summed E-state index contributed by atoms with van der Waals surface area (Å²) in [6.45, 7) is -0.507. The number of amides is 2. The molecule has 164 valence electrons. The number of alkyl halides is 3. The third-order valence-electron chi connectivity index (χ3n) is 5.09. The molecule has 4 rings (SSSR count). The van der Waals surface area contributed by atoms with E-state index >= 15 is 0 Å². The summed E-state index contributed by atoms with van der Waals surface area (Å²) in [5.41, 5.74) is -0.505. The Balaban J connectivity index is 1.87. The number of carbonyl (C=O) groups is 2. The number of hydrogen-bond donors (Lipinski definition) is 1. The quantitative estimate of drug-likeness (QED) is 0.553. The van der Waals surface area contributed by atoms with E-state index in [1.807, 2.05) is 0 Å². The predicted octanol–water partition coefficient (Wildman–Crippen LogP) is 5.17. The highest BCUT2D eigenvalue weighted by Crippen LogP contribution is 2.37. The van der Waals surface area contributed by atoms with Crippen LogP contribution in [0.4, 0.5) is 27.6 Å². The minimum Gasteiger partial charge on any atom is -0.324 e. The van der Waals surface area contributed by atoms with E-state index in [1.165, 1.54) is 24.3 Å². The van der Waals surface area contributed by atoms with Crippen LogP contribution < -0.4 is 5.32 Å². The number of fused-ring (bicyclic) bond motifs is 1. The third kappa shape index (κ3) is 4.18. The largest absolute Gasteiger partial charge is 0.416 e. The molecule has 1 aliphatic rings. The Morgan fingerprint density at radius 1 is 0.938 bits per heavy atom. The van der Waals surface area contributed by atoms with Crippen molar-refractivity contribution in [2.24, 2.45) is 0 Å².